The summed E-state index contributed by atoms with van der Waals surface area (Å²) in [6.07, 6.45) is 0. The molecule has 0 heterocycles. The Bertz CT molecular complexity index is 618. The highest BCUT2D eigenvalue weighted by atomic mass is 19.1. The zero-order valence-corrected chi connectivity index (χ0v) is 11.8. The quantitative estimate of drug-likeness (QED) is 0.767. The molecule has 0 aliphatic rings. The van der Waals surface area contributed by atoms with Crippen molar-refractivity contribution in [2.75, 3.05) is 20.8 Å². The predicted octanol–water partition coefficient (Wildman–Crippen LogP) is 3.10. The summed E-state index contributed by atoms with van der Waals surface area (Å²) in [5.41, 5.74) is -0.00800. The van der Waals surface area contributed by atoms with E-state index in [4.69, 9.17) is 14.2 Å². The van der Waals surface area contributed by atoms with Crippen LogP contribution in [0.2, 0.25) is 0 Å². The molecule has 0 spiro atoms. The van der Waals surface area contributed by atoms with Gasteiger partial charge in [0.25, 0.3) is 0 Å². The Kier molecular flexibility index (Phi) is 4.77. The number of benzene rings is 2. The summed E-state index contributed by atoms with van der Waals surface area (Å²) in [6.45, 7) is -0.308. The number of methoxy groups -OCH3 is 2. The number of hydrogen-bond donors (Lipinski definition) is 0. The van der Waals surface area contributed by atoms with Gasteiger partial charge in [0.15, 0.2) is 18.1 Å². The Morgan fingerprint density at radius 1 is 1.00 bits per heavy atom. The Morgan fingerprint density at radius 2 is 1.62 bits per heavy atom. The van der Waals surface area contributed by atoms with Crippen LogP contribution in [0.4, 0.5) is 4.39 Å². The normalized spacial score (nSPS) is 10.0. The molecule has 2 aromatic carbocycles. The van der Waals surface area contributed by atoms with Crippen LogP contribution in [0.15, 0.2) is 42.5 Å². The lowest BCUT2D eigenvalue weighted by Gasteiger charge is -2.13. The van der Waals surface area contributed by atoms with Crippen LogP contribution < -0.4 is 14.2 Å². The van der Waals surface area contributed by atoms with Gasteiger partial charge in [-0.15, -0.1) is 0 Å². The van der Waals surface area contributed by atoms with Crippen molar-refractivity contribution in [3.63, 3.8) is 0 Å². The molecule has 0 radical (unpaired) electrons. The largest absolute Gasteiger partial charge is 0.493 e. The zero-order valence-electron chi connectivity index (χ0n) is 11.8. The lowest BCUT2D eigenvalue weighted by atomic mass is 10.1. The molecule has 0 aliphatic heterocycles. The van der Waals surface area contributed by atoms with Crippen LogP contribution in [0.1, 0.15) is 10.4 Å². The monoisotopic (exact) mass is 290 g/mol. The van der Waals surface area contributed by atoms with Gasteiger partial charge in [0.1, 0.15) is 5.82 Å². The van der Waals surface area contributed by atoms with Crippen LogP contribution in [0.25, 0.3) is 0 Å². The van der Waals surface area contributed by atoms with Gasteiger partial charge < -0.3 is 14.2 Å². The first-order valence-corrected chi connectivity index (χ1v) is 6.29. The van der Waals surface area contributed by atoms with Crippen molar-refractivity contribution in [3.8, 4) is 17.2 Å². The van der Waals surface area contributed by atoms with E-state index in [0.717, 1.165) is 0 Å². The number of rotatable bonds is 6. The molecule has 21 heavy (non-hydrogen) atoms. The van der Waals surface area contributed by atoms with E-state index in [1.54, 1.807) is 24.3 Å². The summed E-state index contributed by atoms with van der Waals surface area (Å²) in [5, 5.41) is 0. The molecule has 0 aliphatic carbocycles. The predicted molar refractivity (Wildman–Crippen MR) is 75.8 cm³/mol. The van der Waals surface area contributed by atoms with Gasteiger partial charge in [0.2, 0.25) is 11.5 Å². The van der Waals surface area contributed by atoms with Crippen molar-refractivity contribution in [1.82, 2.24) is 0 Å². The molecule has 0 saturated heterocycles. The number of Topliss-reactive ketones (excluding diaryl/α,β-unsaturated/α-hetero) is 1. The fourth-order valence-electron chi connectivity index (χ4n) is 1.86. The maximum Gasteiger partial charge on any atom is 0.203 e. The average Bonchev–Trinajstić information content (AvgIpc) is 2.52. The summed E-state index contributed by atoms with van der Waals surface area (Å²) in [6, 6.07) is 10.9. The van der Waals surface area contributed by atoms with Crippen molar-refractivity contribution in [2.24, 2.45) is 0 Å². The highest BCUT2D eigenvalue weighted by molar-refractivity contribution is 5.97. The minimum Gasteiger partial charge on any atom is -0.493 e. The van der Waals surface area contributed by atoms with Gasteiger partial charge in [-0.25, -0.2) is 4.39 Å². The van der Waals surface area contributed by atoms with Crippen LogP contribution in [-0.4, -0.2) is 26.6 Å². The van der Waals surface area contributed by atoms with E-state index in [2.05, 4.69) is 0 Å². The van der Waals surface area contributed by atoms with Crippen molar-refractivity contribution in [1.29, 1.82) is 0 Å². The summed E-state index contributed by atoms with van der Waals surface area (Å²) in [7, 11) is 2.97. The number of hydrogen-bond acceptors (Lipinski definition) is 4. The Balaban J connectivity index is 2.17. The lowest BCUT2D eigenvalue weighted by Crippen LogP contribution is -2.14. The molecule has 0 N–H and O–H groups in total. The third kappa shape index (κ3) is 3.31. The summed E-state index contributed by atoms with van der Waals surface area (Å²) < 4.78 is 29.3. The van der Waals surface area contributed by atoms with Crippen LogP contribution in [-0.2, 0) is 0 Å². The first-order valence-electron chi connectivity index (χ1n) is 6.29. The molecule has 110 valence electrons. The van der Waals surface area contributed by atoms with Gasteiger partial charge in [0.05, 0.1) is 19.8 Å². The van der Waals surface area contributed by atoms with Gasteiger partial charge in [-0.05, 0) is 24.3 Å². The standard InChI is InChI=1S/C16H15FO4/c1-19-14-8-5-9-15(20-2)16(14)21-10-13(18)11-6-3-4-7-12(11)17/h3-9H,10H2,1-2H3. The number of ketones is 1. The molecule has 5 heteroatoms. The maximum absolute atomic E-state index is 13.5. The molecule has 0 fully saturated rings. The molecule has 0 unspecified atom stereocenters. The lowest BCUT2D eigenvalue weighted by molar-refractivity contribution is 0.0913. The first-order chi connectivity index (χ1) is 10.2. The summed E-state index contributed by atoms with van der Waals surface area (Å²) in [5.74, 6) is 0.165. The molecule has 0 saturated carbocycles. The number of carbonyl (C=O) groups excluding carboxylic acids is 1. The van der Waals surface area contributed by atoms with Crippen LogP contribution in [0.5, 0.6) is 17.2 Å². The number of halogens is 1. The van der Waals surface area contributed by atoms with Gasteiger partial charge in [-0.1, -0.05) is 18.2 Å². The second-order valence-electron chi connectivity index (χ2n) is 4.18. The SMILES string of the molecule is COc1cccc(OC)c1OCC(=O)c1ccccc1F. The summed E-state index contributed by atoms with van der Waals surface area (Å²) >= 11 is 0. The van der Waals surface area contributed by atoms with Crippen molar-refractivity contribution < 1.29 is 23.4 Å². The second kappa shape index (κ2) is 6.74. The molecule has 0 atom stereocenters. The van der Waals surface area contributed by atoms with E-state index in [9.17, 15) is 9.18 Å². The molecular formula is C16H15FO4. The molecule has 2 rings (SSSR count). The van der Waals surface area contributed by atoms with E-state index in [1.165, 1.54) is 32.4 Å². The zero-order chi connectivity index (χ0) is 15.2. The molecular weight excluding hydrogens is 275 g/mol. The van der Waals surface area contributed by atoms with Gasteiger partial charge in [0, 0.05) is 0 Å². The highest BCUT2D eigenvalue weighted by Gasteiger charge is 2.16. The molecule has 2 aromatic rings. The van der Waals surface area contributed by atoms with Crippen LogP contribution in [0.3, 0.4) is 0 Å². The number of para-hydroxylation sites is 1. The maximum atomic E-state index is 13.5. The molecule has 0 amide bonds. The third-order valence-electron chi connectivity index (χ3n) is 2.90. The molecule has 0 aromatic heterocycles. The van der Waals surface area contributed by atoms with Crippen LogP contribution >= 0.6 is 0 Å². The van der Waals surface area contributed by atoms with Gasteiger partial charge >= 0.3 is 0 Å². The van der Waals surface area contributed by atoms with Gasteiger partial charge in [-0.2, -0.15) is 0 Å². The third-order valence-corrected chi connectivity index (χ3v) is 2.90. The minimum atomic E-state index is -0.571. The van der Waals surface area contributed by atoms with E-state index >= 15 is 0 Å². The second-order valence-corrected chi connectivity index (χ2v) is 4.18. The Labute approximate surface area is 122 Å². The van der Waals surface area contributed by atoms with E-state index in [1.807, 2.05) is 0 Å². The van der Waals surface area contributed by atoms with Crippen LogP contribution in [0, 0.1) is 5.82 Å². The molecule has 4 nitrogen and oxygen atoms in total. The summed E-state index contributed by atoms with van der Waals surface area (Å²) in [4.78, 5) is 12.0. The fourth-order valence-corrected chi connectivity index (χ4v) is 1.86. The number of ether oxygens (including phenoxy) is 3. The van der Waals surface area contributed by atoms with Crippen molar-refractivity contribution in [2.45, 2.75) is 0 Å². The Hall–Kier alpha value is -2.56. The highest BCUT2D eigenvalue weighted by Crippen LogP contribution is 2.36. The van der Waals surface area contributed by atoms with Crippen molar-refractivity contribution in [3.05, 3.63) is 53.8 Å². The minimum absolute atomic E-state index is 0.00800. The Morgan fingerprint density at radius 3 is 2.19 bits per heavy atom. The number of carbonyl (C=O) groups is 1. The average molecular weight is 290 g/mol. The van der Waals surface area contributed by atoms with E-state index < -0.39 is 11.6 Å². The molecule has 0 bridgehead atoms. The van der Waals surface area contributed by atoms with Crippen molar-refractivity contribution >= 4 is 5.78 Å². The van der Waals surface area contributed by atoms with E-state index in [0.29, 0.717) is 17.2 Å². The first kappa shape index (κ1) is 14.8. The smallest absolute Gasteiger partial charge is 0.203 e. The van der Waals surface area contributed by atoms with Gasteiger partial charge in [-0.3, -0.25) is 4.79 Å². The van der Waals surface area contributed by atoms with E-state index in [-0.39, 0.29) is 12.2 Å². The topological polar surface area (TPSA) is 44.8 Å². The fraction of sp³-hybridized carbons (Fsp3) is 0.188.